The summed E-state index contributed by atoms with van der Waals surface area (Å²) < 4.78 is 5.65. The van der Waals surface area contributed by atoms with Gasteiger partial charge in [0.25, 0.3) is 0 Å². The first kappa shape index (κ1) is 13.2. The Balaban J connectivity index is 2.08. The summed E-state index contributed by atoms with van der Waals surface area (Å²) in [7, 11) is 0. The lowest BCUT2D eigenvalue weighted by molar-refractivity contribution is -0.122. The van der Waals surface area contributed by atoms with Crippen molar-refractivity contribution in [3.8, 4) is 0 Å². The molecule has 2 rings (SSSR count). The zero-order valence-electron chi connectivity index (χ0n) is 10.6. The van der Waals surface area contributed by atoms with E-state index < -0.39 is 0 Å². The van der Waals surface area contributed by atoms with Crippen molar-refractivity contribution >= 4 is 23.3 Å². The van der Waals surface area contributed by atoms with Gasteiger partial charge in [0.1, 0.15) is 5.82 Å². The number of nitrogens with zero attached hydrogens (tertiary/aromatic N) is 2. The fourth-order valence-corrected chi connectivity index (χ4v) is 2.48. The topological polar surface area (TPSA) is 64.1 Å². The number of carbonyl (C=O) groups excluding carboxylic acids is 1. The van der Waals surface area contributed by atoms with Crippen LogP contribution in [0.1, 0.15) is 20.8 Å². The highest BCUT2D eigenvalue weighted by atomic mass is 35.5. The number of nitrogens with one attached hydrogen (secondary N) is 1. The minimum Gasteiger partial charge on any atom is -0.374 e. The highest BCUT2D eigenvalue weighted by Crippen LogP contribution is 2.32. The van der Waals surface area contributed by atoms with Gasteiger partial charge in [-0.3, -0.25) is 4.79 Å². The number of ether oxygens (including phenoxy) is 1. The molecule has 4 unspecified atom stereocenters. The summed E-state index contributed by atoms with van der Waals surface area (Å²) in [5.74, 6) is 0.333. The van der Waals surface area contributed by atoms with Gasteiger partial charge in [-0.2, -0.15) is 0 Å². The second kappa shape index (κ2) is 5.20. The van der Waals surface area contributed by atoms with E-state index in [1.807, 2.05) is 20.8 Å². The first-order chi connectivity index (χ1) is 8.49. The maximum Gasteiger partial charge on any atom is 0.231 e. The van der Waals surface area contributed by atoms with Gasteiger partial charge in [-0.15, -0.1) is 0 Å². The molecule has 0 bridgehead atoms. The maximum absolute atomic E-state index is 12.2. The van der Waals surface area contributed by atoms with Gasteiger partial charge in [-0.25, -0.2) is 9.97 Å². The second-order valence-corrected chi connectivity index (χ2v) is 4.97. The van der Waals surface area contributed by atoms with Crippen LogP contribution in [0.2, 0.25) is 5.28 Å². The van der Waals surface area contributed by atoms with E-state index in [-0.39, 0.29) is 35.2 Å². The summed E-state index contributed by atoms with van der Waals surface area (Å²) >= 11 is 5.67. The Morgan fingerprint density at radius 1 is 1.39 bits per heavy atom. The lowest BCUT2D eigenvalue weighted by Crippen LogP contribution is -2.32. The number of amides is 1. The molecule has 1 amide bonds. The number of halogens is 1. The first-order valence-corrected chi connectivity index (χ1v) is 6.31. The van der Waals surface area contributed by atoms with Crippen molar-refractivity contribution in [1.29, 1.82) is 0 Å². The zero-order valence-corrected chi connectivity index (χ0v) is 11.3. The summed E-state index contributed by atoms with van der Waals surface area (Å²) in [5, 5.41) is 2.87. The Labute approximate surface area is 111 Å². The van der Waals surface area contributed by atoms with E-state index in [0.717, 1.165) is 0 Å². The Morgan fingerprint density at radius 3 is 2.67 bits per heavy atom. The number of hydrogen-bond acceptors (Lipinski definition) is 4. The Hall–Kier alpha value is -1.20. The minimum atomic E-state index is -0.172. The molecule has 0 aliphatic carbocycles. The van der Waals surface area contributed by atoms with Crippen LogP contribution < -0.4 is 5.32 Å². The van der Waals surface area contributed by atoms with Crippen LogP contribution in [0.3, 0.4) is 0 Å². The number of rotatable bonds is 2. The van der Waals surface area contributed by atoms with Crippen LogP contribution in [0.25, 0.3) is 0 Å². The molecule has 1 saturated heterocycles. The predicted molar refractivity (Wildman–Crippen MR) is 68.3 cm³/mol. The van der Waals surface area contributed by atoms with Gasteiger partial charge in [-0.1, -0.05) is 6.92 Å². The molecule has 4 atom stereocenters. The standard InChI is InChI=1S/C12H16ClN3O2/c1-6-7(2)18-8(3)10(6)11(17)15-9-4-5-14-12(13)16-9/h4-8,10H,1-3H3,(H,14,15,16,17). The van der Waals surface area contributed by atoms with Crippen LogP contribution in [0, 0.1) is 11.8 Å². The molecule has 1 N–H and O–H groups in total. The van der Waals surface area contributed by atoms with E-state index in [9.17, 15) is 4.79 Å². The molecular formula is C12H16ClN3O2. The molecule has 6 heteroatoms. The number of aromatic nitrogens is 2. The molecule has 1 aromatic rings. The van der Waals surface area contributed by atoms with E-state index in [4.69, 9.17) is 16.3 Å². The van der Waals surface area contributed by atoms with Crippen LogP contribution >= 0.6 is 11.6 Å². The number of anilines is 1. The average Bonchev–Trinajstić information content (AvgIpc) is 2.53. The molecule has 1 aromatic heterocycles. The number of carbonyl (C=O) groups is 1. The third-order valence-corrected chi connectivity index (χ3v) is 3.60. The SMILES string of the molecule is CC1OC(C)C(C(=O)Nc2ccnc(Cl)n2)C1C. The van der Waals surface area contributed by atoms with Gasteiger partial charge in [0.15, 0.2) is 0 Å². The van der Waals surface area contributed by atoms with Gasteiger partial charge < -0.3 is 10.1 Å². The highest BCUT2D eigenvalue weighted by Gasteiger charge is 2.41. The quantitative estimate of drug-likeness (QED) is 0.836. The lowest BCUT2D eigenvalue weighted by atomic mass is 9.89. The maximum atomic E-state index is 12.2. The molecule has 2 heterocycles. The van der Waals surface area contributed by atoms with E-state index >= 15 is 0 Å². The smallest absolute Gasteiger partial charge is 0.231 e. The molecular weight excluding hydrogens is 254 g/mol. The van der Waals surface area contributed by atoms with Gasteiger partial charge in [-0.05, 0) is 37.4 Å². The first-order valence-electron chi connectivity index (χ1n) is 5.94. The van der Waals surface area contributed by atoms with E-state index in [0.29, 0.717) is 5.82 Å². The van der Waals surface area contributed by atoms with E-state index in [1.165, 1.54) is 6.20 Å². The summed E-state index contributed by atoms with van der Waals surface area (Å²) in [6.07, 6.45) is 1.50. The van der Waals surface area contributed by atoms with Crippen molar-refractivity contribution in [3.63, 3.8) is 0 Å². The van der Waals surface area contributed by atoms with Crippen LogP contribution in [0.15, 0.2) is 12.3 Å². The second-order valence-electron chi connectivity index (χ2n) is 4.63. The highest BCUT2D eigenvalue weighted by molar-refractivity contribution is 6.28. The van der Waals surface area contributed by atoms with Crippen molar-refractivity contribution in [3.05, 3.63) is 17.5 Å². The largest absolute Gasteiger partial charge is 0.374 e. The summed E-state index contributed by atoms with van der Waals surface area (Å²) in [4.78, 5) is 19.9. The third kappa shape index (κ3) is 2.62. The Bertz CT molecular complexity index is 455. The summed E-state index contributed by atoms with van der Waals surface area (Å²) in [6, 6.07) is 1.61. The summed E-state index contributed by atoms with van der Waals surface area (Å²) in [6.45, 7) is 5.92. The zero-order chi connectivity index (χ0) is 13.3. The van der Waals surface area contributed by atoms with Crippen molar-refractivity contribution < 1.29 is 9.53 Å². The van der Waals surface area contributed by atoms with Crippen molar-refractivity contribution in [2.24, 2.45) is 11.8 Å². The molecule has 1 fully saturated rings. The van der Waals surface area contributed by atoms with Gasteiger partial charge in [0.05, 0.1) is 18.1 Å². The van der Waals surface area contributed by atoms with Crippen LogP contribution in [-0.4, -0.2) is 28.1 Å². The Morgan fingerprint density at radius 2 is 2.11 bits per heavy atom. The molecule has 0 saturated carbocycles. The Kier molecular flexibility index (Phi) is 3.82. The average molecular weight is 270 g/mol. The third-order valence-electron chi connectivity index (χ3n) is 3.42. The van der Waals surface area contributed by atoms with Gasteiger partial charge >= 0.3 is 0 Å². The van der Waals surface area contributed by atoms with Gasteiger partial charge in [0.2, 0.25) is 11.2 Å². The normalized spacial score (nSPS) is 31.3. The van der Waals surface area contributed by atoms with Crippen LogP contribution in [0.4, 0.5) is 5.82 Å². The molecule has 98 valence electrons. The van der Waals surface area contributed by atoms with E-state index in [1.54, 1.807) is 6.07 Å². The molecule has 1 aliphatic rings. The summed E-state index contributed by atoms with van der Waals surface area (Å²) in [5.41, 5.74) is 0. The van der Waals surface area contributed by atoms with Crippen molar-refractivity contribution in [2.75, 3.05) is 5.32 Å². The molecule has 1 aliphatic heterocycles. The number of hydrogen-bond donors (Lipinski definition) is 1. The molecule has 0 aromatic carbocycles. The van der Waals surface area contributed by atoms with Crippen LogP contribution in [-0.2, 0) is 9.53 Å². The van der Waals surface area contributed by atoms with Crippen LogP contribution in [0.5, 0.6) is 0 Å². The molecule has 18 heavy (non-hydrogen) atoms. The lowest BCUT2D eigenvalue weighted by Gasteiger charge is -2.17. The van der Waals surface area contributed by atoms with E-state index in [2.05, 4.69) is 15.3 Å². The fourth-order valence-electron chi connectivity index (χ4n) is 2.33. The van der Waals surface area contributed by atoms with Crippen molar-refractivity contribution in [1.82, 2.24) is 9.97 Å². The van der Waals surface area contributed by atoms with Gasteiger partial charge in [0, 0.05) is 6.20 Å². The molecule has 0 spiro atoms. The molecule has 0 radical (unpaired) electrons. The predicted octanol–water partition coefficient (Wildman–Crippen LogP) is 2.13. The monoisotopic (exact) mass is 269 g/mol. The van der Waals surface area contributed by atoms with Crippen molar-refractivity contribution in [2.45, 2.75) is 33.0 Å². The fraction of sp³-hybridized carbons (Fsp3) is 0.583. The molecule has 5 nitrogen and oxygen atoms in total. The minimum absolute atomic E-state index is 0.0877.